The minimum atomic E-state index is -0.997. The Bertz CT molecular complexity index is 695. The first kappa shape index (κ1) is 22.1. The molecule has 0 aliphatic heterocycles. The van der Waals surface area contributed by atoms with Gasteiger partial charge in [-0.15, -0.1) is 24.0 Å². The summed E-state index contributed by atoms with van der Waals surface area (Å²) in [6, 6.07) is 17.8. The molecular formula is C18H23BrIN3OS. The van der Waals surface area contributed by atoms with Crippen LogP contribution < -0.4 is 5.32 Å². The highest BCUT2D eigenvalue weighted by Crippen LogP contribution is 2.11. The second-order valence-electron chi connectivity index (χ2n) is 5.32. The summed E-state index contributed by atoms with van der Waals surface area (Å²) in [7, 11) is 2.75. The maximum atomic E-state index is 12.2. The first-order valence-corrected chi connectivity index (χ1v) is 9.81. The fourth-order valence-corrected chi connectivity index (χ4v) is 3.52. The van der Waals surface area contributed by atoms with E-state index >= 15 is 0 Å². The molecule has 0 heterocycles. The summed E-state index contributed by atoms with van der Waals surface area (Å²) in [6.45, 7) is 1.37. The van der Waals surface area contributed by atoms with Gasteiger partial charge in [0.05, 0.1) is 10.8 Å². The van der Waals surface area contributed by atoms with Crippen molar-refractivity contribution in [2.45, 2.75) is 11.4 Å². The highest BCUT2D eigenvalue weighted by molar-refractivity contribution is 14.0. The van der Waals surface area contributed by atoms with Gasteiger partial charge in [-0.2, -0.15) is 0 Å². The summed E-state index contributed by atoms with van der Waals surface area (Å²) >= 11 is 3.44. The quantitative estimate of drug-likeness (QED) is 0.347. The molecule has 0 fully saturated rings. The van der Waals surface area contributed by atoms with Crippen molar-refractivity contribution in [1.82, 2.24) is 10.2 Å². The van der Waals surface area contributed by atoms with E-state index in [1.807, 2.05) is 49.5 Å². The number of nitrogens with one attached hydrogen (secondary N) is 1. The molecule has 0 aliphatic rings. The molecule has 2 rings (SSSR count). The first-order chi connectivity index (χ1) is 11.6. The largest absolute Gasteiger partial charge is 0.355 e. The van der Waals surface area contributed by atoms with Crippen molar-refractivity contribution in [2.24, 2.45) is 4.99 Å². The van der Waals surface area contributed by atoms with Gasteiger partial charge in [0.1, 0.15) is 0 Å². The van der Waals surface area contributed by atoms with Crippen LogP contribution in [0.3, 0.4) is 0 Å². The van der Waals surface area contributed by atoms with E-state index < -0.39 is 10.8 Å². The summed E-state index contributed by atoms with van der Waals surface area (Å²) < 4.78 is 13.3. The SMILES string of the molecule is CN=C(NCCS(=O)c1ccccc1)N(C)Cc1ccc(Br)cc1.I. The van der Waals surface area contributed by atoms with Gasteiger partial charge in [-0.3, -0.25) is 9.20 Å². The molecule has 1 atom stereocenters. The third-order valence-corrected chi connectivity index (χ3v) is 5.38. The maximum Gasteiger partial charge on any atom is 0.193 e. The zero-order chi connectivity index (χ0) is 17.4. The molecule has 0 aromatic heterocycles. The number of benzene rings is 2. The Kier molecular flexibility index (Phi) is 10.3. The number of halogens is 2. The van der Waals surface area contributed by atoms with Crippen molar-refractivity contribution in [1.29, 1.82) is 0 Å². The molecule has 1 unspecified atom stereocenters. The van der Waals surface area contributed by atoms with Crippen LogP contribution in [-0.4, -0.2) is 41.5 Å². The third kappa shape index (κ3) is 7.45. The number of guanidine groups is 1. The van der Waals surface area contributed by atoms with Crippen molar-refractivity contribution >= 4 is 56.7 Å². The zero-order valence-corrected chi connectivity index (χ0v) is 19.0. The predicted molar refractivity (Wildman–Crippen MR) is 120 cm³/mol. The van der Waals surface area contributed by atoms with E-state index in [4.69, 9.17) is 0 Å². The number of aliphatic imine (C=N–C) groups is 1. The van der Waals surface area contributed by atoms with E-state index in [-0.39, 0.29) is 24.0 Å². The van der Waals surface area contributed by atoms with Gasteiger partial charge in [-0.1, -0.05) is 46.3 Å². The van der Waals surface area contributed by atoms with Gasteiger partial charge in [0.15, 0.2) is 5.96 Å². The van der Waals surface area contributed by atoms with Gasteiger partial charge < -0.3 is 10.2 Å². The van der Waals surface area contributed by atoms with E-state index in [1.54, 1.807) is 7.05 Å². The molecule has 0 aliphatic carbocycles. The molecule has 0 saturated heterocycles. The lowest BCUT2D eigenvalue weighted by molar-refractivity contribution is 0.479. The molecule has 0 saturated carbocycles. The molecule has 0 spiro atoms. The average molecular weight is 536 g/mol. The standard InChI is InChI=1S/C18H22BrN3OS.HI/c1-20-18(22(2)14-15-8-10-16(19)11-9-15)21-12-13-24(23)17-6-4-3-5-7-17;/h3-11H,12-14H2,1-2H3,(H,20,21);1H. The molecule has 2 aromatic rings. The van der Waals surface area contributed by atoms with E-state index in [0.29, 0.717) is 12.3 Å². The third-order valence-electron chi connectivity index (χ3n) is 3.48. The second kappa shape index (κ2) is 11.6. The van der Waals surface area contributed by atoms with Gasteiger partial charge in [0.25, 0.3) is 0 Å². The number of hydrogen-bond acceptors (Lipinski definition) is 2. The summed E-state index contributed by atoms with van der Waals surface area (Å²) in [5.74, 6) is 1.35. The van der Waals surface area contributed by atoms with Crippen molar-refractivity contribution < 1.29 is 4.21 Å². The fraction of sp³-hybridized carbons (Fsp3) is 0.278. The van der Waals surface area contributed by atoms with Crippen LogP contribution in [-0.2, 0) is 17.3 Å². The molecule has 1 N–H and O–H groups in total. The molecular weight excluding hydrogens is 513 g/mol. The Hall–Kier alpha value is -0.930. The van der Waals surface area contributed by atoms with Gasteiger partial charge >= 0.3 is 0 Å². The summed E-state index contributed by atoms with van der Waals surface area (Å²) in [6.07, 6.45) is 0. The normalized spacial score (nSPS) is 12.2. The van der Waals surface area contributed by atoms with Crippen LogP contribution in [0.1, 0.15) is 5.56 Å². The number of nitrogens with zero attached hydrogens (tertiary/aromatic N) is 2. The monoisotopic (exact) mass is 535 g/mol. The lowest BCUT2D eigenvalue weighted by Gasteiger charge is -2.22. The molecule has 0 bridgehead atoms. The van der Waals surface area contributed by atoms with Gasteiger partial charge in [-0.05, 0) is 29.8 Å². The molecule has 0 radical (unpaired) electrons. The Morgan fingerprint density at radius 1 is 1.16 bits per heavy atom. The Morgan fingerprint density at radius 3 is 2.40 bits per heavy atom. The topological polar surface area (TPSA) is 44.7 Å². The summed E-state index contributed by atoms with van der Waals surface area (Å²) in [5.41, 5.74) is 1.21. The average Bonchev–Trinajstić information content (AvgIpc) is 2.61. The molecule has 25 heavy (non-hydrogen) atoms. The molecule has 136 valence electrons. The zero-order valence-electron chi connectivity index (χ0n) is 14.3. The summed E-state index contributed by atoms with van der Waals surface area (Å²) in [4.78, 5) is 7.20. The molecule has 0 amide bonds. The van der Waals surface area contributed by atoms with Gasteiger partial charge in [0, 0.05) is 42.3 Å². The van der Waals surface area contributed by atoms with Crippen molar-refractivity contribution in [3.63, 3.8) is 0 Å². The van der Waals surface area contributed by atoms with Crippen LogP contribution in [0.2, 0.25) is 0 Å². The van der Waals surface area contributed by atoms with Crippen molar-refractivity contribution in [3.05, 3.63) is 64.6 Å². The minimum absolute atomic E-state index is 0. The lowest BCUT2D eigenvalue weighted by Crippen LogP contribution is -2.40. The maximum absolute atomic E-state index is 12.2. The Balaban J connectivity index is 0.00000312. The predicted octanol–water partition coefficient (Wildman–Crippen LogP) is 3.88. The van der Waals surface area contributed by atoms with Crippen LogP contribution in [0.25, 0.3) is 0 Å². The van der Waals surface area contributed by atoms with E-state index in [0.717, 1.165) is 21.9 Å². The van der Waals surface area contributed by atoms with Gasteiger partial charge in [-0.25, -0.2) is 0 Å². The first-order valence-electron chi connectivity index (χ1n) is 7.70. The minimum Gasteiger partial charge on any atom is -0.355 e. The fourth-order valence-electron chi connectivity index (χ4n) is 2.27. The van der Waals surface area contributed by atoms with Gasteiger partial charge in [0.2, 0.25) is 0 Å². The highest BCUT2D eigenvalue weighted by atomic mass is 127. The summed E-state index contributed by atoms with van der Waals surface area (Å²) in [5, 5.41) is 3.28. The lowest BCUT2D eigenvalue weighted by atomic mass is 10.2. The van der Waals surface area contributed by atoms with Crippen LogP contribution >= 0.6 is 39.9 Å². The van der Waals surface area contributed by atoms with E-state index in [9.17, 15) is 4.21 Å². The highest BCUT2D eigenvalue weighted by Gasteiger charge is 2.08. The Morgan fingerprint density at radius 2 is 1.80 bits per heavy atom. The second-order valence-corrected chi connectivity index (χ2v) is 7.81. The molecule has 2 aromatic carbocycles. The van der Waals surface area contributed by atoms with E-state index in [1.165, 1.54) is 5.56 Å². The number of rotatable bonds is 6. The van der Waals surface area contributed by atoms with E-state index in [2.05, 4.69) is 43.3 Å². The van der Waals surface area contributed by atoms with Crippen LogP contribution in [0, 0.1) is 0 Å². The number of hydrogen-bond donors (Lipinski definition) is 1. The van der Waals surface area contributed by atoms with Crippen molar-refractivity contribution in [3.8, 4) is 0 Å². The Labute approximate surface area is 177 Å². The smallest absolute Gasteiger partial charge is 0.193 e. The molecule has 4 nitrogen and oxygen atoms in total. The van der Waals surface area contributed by atoms with Crippen LogP contribution in [0.4, 0.5) is 0 Å². The van der Waals surface area contributed by atoms with Crippen LogP contribution in [0.15, 0.2) is 69.0 Å². The van der Waals surface area contributed by atoms with Crippen LogP contribution in [0.5, 0.6) is 0 Å². The van der Waals surface area contributed by atoms with Crippen molar-refractivity contribution in [2.75, 3.05) is 26.4 Å². The molecule has 7 heteroatoms.